The summed E-state index contributed by atoms with van der Waals surface area (Å²) < 4.78 is 16.0. The maximum absolute atomic E-state index is 13.3. The second kappa shape index (κ2) is 6.66. The number of aromatic amines is 1. The molecule has 1 aliphatic rings. The summed E-state index contributed by atoms with van der Waals surface area (Å²) in [7, 11) is 0. The third kappa shape index (κ3) is 3.15. The van der Waals surface area contributed by atoms with Crippen molar-refractivity contribution in [1.82, 2.24) is 29.9 Å². The van der Waals surface area contributed by atoms with E-state index in [0.717, 1.165) is 23.1 Å². The fourth-order valence-corrected chi connectivity index (χ4v) is 3.74. The molecule has 5 rings (SSSR count). The van der Waals surface area contributed by atoms with Gasteiger partial charge in [-0.15, -0.1) is 10.2 Å². The van der Waals surface area contributed by atoms with Crippen LogP contribution in [0.15, 0.2) is 34.9 Å². The highest BCUT2D eigenvalue weighted by Gasteiger charge is 2.29. The SMILES string of the molecule is O=C(NCCc1nc2ccc(F)cc2[nH]1)c1cc(Br)cn2c(C3CC3)nnc12. The molecule has 1 saturated carbocycles. The van der Waals surface area contributed by atoms with Gasteiger partial charge in [-0.3, -0.25) is 9.20 Å². The Morgan fingerprint density at radius 3 is 3.00 bits per heavy atom. The van der Waals surface area contributed by atoms with Crippen molar-refractivity contribution < 1.29 is 9.18 Å². The van der Waals surface area contributed by atoms with Crippen LogP contribution in [0.3, 0.4) is 0 Å². The quantitative estimate of drug-likeness (QED) is 0.495. The summed E-state index contributed by atoms with van der Waals surface area (Å²) in [4.78, 5) is 20.2. The molecule has 0 saturated heterocycles. The van der Waals surface area contributed by atoms with Crippen molar-refractivity contribution in [2.24, 2.45) is 0 Å². The Kier molecular flexibility index (Phi) is 4.12. The lowest BCUT2D eigenvalue weighted by molar-refractivity contribution is 0.0955. The molecule has 142 valence electrons. The Morgan fingerprint density at radius 2 is 2.18 bits per heavy atom. The first-order valence-corrected chi connectivity index (χ1v) is 9.84. The second-order valence-corrected chi connectivity index (χ2v) is 7.86. The minimum atomic E-state index is -0.312. The molecule has 4 aromatic rings. The molecule has 3 heterocycles. The predicted octanol–water partition coefficient (Wildman–Crippen LogP) is 3.36. The number of carbonyl (C=O) groups is 1. The molecule has 28 heavy (non-hydrogen) atoms. The number of amides is 1. The fraction of sp³-hybridized carbons (Fsp3) is 0.263. The summed E-state index contributed by atoms with van der Waals surface area (Å²) in [6, 6.07) is 6.16. The summed E-state index contributed by atoms with van der Waals surface area (Å²) in [5, 5.41) is 11.4. The smallest absolute Gasteiger partial charge is 0.255 e. The highest BCUT2D eigenvalue weighted by Crippen LogP contribution is 2.39. The number of hydrogen-bond acceptors (Lipinski definition) is 4. The van der Waals surface area contributed by atoms with Gasteiger partial charge < -0.3 is 10.3 Å². The van der Waals surface area contributed by atoms with Crippen molar-refractivity contribution in [3.63, 3.8) is 0 Å². The summed E-state index contributed by atoms with van der Waals surface area (Å²) in [6.45, 7) is 0.392. The van der Waals surface area contributed by atoms with E-state index in [2.05, 4.69) is 41.4 Å². The fourth-order valence-electron chi connectivity index (χ4n) is 3.31. The third-order valence-corrected chi connectivity index (χ3v) is 5.26. The van der Waals surface area contributed by atoms with E-state index in [0.29, 0.717) is 47.0 Å². The Labute approximate surface area is 167 Å². The molecule has 1 amide bonds. The van der Waals surface area contributed by atoms with Crippen LogP contribution in [-0.2, 0) is 6.42 Å². The van der Waals surface area contributed by atoms with Crippen molar-refractivity contribution in [3.05, 3.63) is 58.0 Å². The lowest BCUT2D eigenvalue weighted by Crippen LogP contribution is -2.26. The zero-order chi connectivity index (χ0) is 19.3. The molecular formula is C19H16BrFN6O. The van der Waals surface area contributed by atoms with Gasteiger partial charge in [0.25, 0.3) is 5.91 Å². The van der Waals surface area contributed by atoms with E-state index < -0.39 is 0 Å². The van der Waals surface area contributed by atoms with Crippen LogP contribution >= 0.6 is 15.9 Å². The van der Waals surface area contributed by atoms with Crippen LogP contribution in [0.5, 0.6) is 0 Å². The van der Waals surface area contributed by atoms with Gasteiger partial charge in [0.05, 0.1) is 16.6 Å². The first kappa shape index (κ1) is 17.3. The zero-order valence-electron chi connectivity index (χ0n) is 14.7. The molecule has 1 fully saturated rings. The van der Waals surface area contributed by atoms with Crippen LogP contribution in [0.1, 0.15) is 40.8 Å². The normalized spacial score (nSPS) is 14.1. The molecule has 7 nitrogen and oxygen atoms in total. The average Bonchev–Trinajstić information content (AvgIpc) is 3.29. The lowest BCUT2D eigenvalue weighted by Gasteiger charge is -2.07. The number of fused-ring (bicyclic) bond motifs is 2. The highest BCUT2D eigenvalue weighted by atomic mass is 79.9. The molecule has 0 aliphatic heterocycles. The number of halogens is 2. The topological polar surface area (TPSA) is 88.0 Å². The first-order valence-electron chi connectivity index (χ1n) is 9.05. The predicted molar refractivity (Wildman–Crippen MR) is 105 cm³/mol. The second-order valence-electron chi connectivity index (χ2n) is 6.95. The number of carbonyl (C=O) groups excluding carboxylic acids is 1. The van der Waals surface area contributed by atoms with Gasteiger partial charge in [-0.2, -0.15) is 0 Å². The van der Waals surface area contributed by atoms with Gasteiger partial charge in [0.1, 0.15) is 17.5 Å². The summed E-state index contributed by atoms with van der Waals surface area (Å²) in [5.74, 6) is 1.49. The van der Waals surface area contributed by atoms with E-state index in [1.54, 1.807) is 12.1 Å². The van der Waals surface area contributed by atoms with Crippen LogP contribution in [0.25, 0.3) is 16.7 Å². The van der Waals surface area contributed by atoms with Gasteiger partial charge in [0, 0.05) is 29.6 Å². The summed E-state index contributed by atoms with van der Waals surface area (Å²) >= 11 is 3.47. The van der Waals surface area contributed by atoms with Crippen LogP contribution in [0.2, 0.25) is 0 Å². The molecule has 0 unspecified atom stereocenters. The summed E-state index contributed by atoms with van der Waals surface area (Å²) in [5.41, 5.74) is 2.38. The Bertz CT molecular complexity index is 1210. The van der Waals surface area contributed by atoms with E-state index in [9.17, 15) is 9.18 Å². The van der Waals surface area contributed by atoms with Gasteiger partial charge in [-0.1, -0.05) is 0 Å². The number of rotatable bonds is 5. The Balaban J connectivity index is 1.32. The molecule has 3 aromatic heterocycles. The van der Waals surface area contributed by atoms with Crippen molar-refractivity contribution >= 4 is 38.5 Å². The van der Waals surface area contributed by atoms with Crippen molar-refractivity contribution in [2.45, 2.75) is 25.2 Å². The monoisotopic (exact) mass is 442 g/mol. The number of benzene rings is 1. The molecule has 0 radical (unpaired) electrons. The average molecular weight is 443 g/mol. The van der Waals surface area contributed by atoms with Crippen LogP contribution in [0, 0.1) is 5.82 Å². The van der Waals surface area contributed by atoms with E-state index in [1.807, 2.05) is 10.6 Å². The zero-order valence-corrected chi connectivity index (χ0v) is 16.3. The van der Waals surface area contributed by atoms with E-state index in [-0.39, 0.29) is 11.7 Å². The van der Waals surface area contributed by atoms with Crippen molar-refractivity contribution in [3.8, 4) is 0 Å². The van der Waals surface area contributed by atoms with Crippen LogP contribution < -0.4 is 5.32 Å². The number of aromatic nitrogens is 5. The van der Waals surface area contributed by atoms with Gasteiger partial charge in [0.15, 0.2) is 5.65 Å². The van der Waals surface area contributed by atoms with Gasteiger partial charge >= 0.3 is 0 Å². The number of imidazole rings is 1. The maximum Gasteiger partial charge on any atom is 0.255 e. The standard InChI is InChI=1S/C19H16BrFN6O/c20-11-7-13(18-26-25-17(10-1-2-10)27(18)9-11)19(28)22-6-5-16-23-14-4-3-12(21)8-15(14)24-16/h3-4,7-10H,1-2,5-6H2,(H,22,28)(H,23,24). The van der Waals surface area contributed by atoms with Gasteiger partial charge in [-0.25, -0.2) is 9.37 Å². The third-order valence-electron chi connectivity index (χ3n) is 4.83. The van der Waals surface area contributed by atoms with Gasteiger partial charge in [0.2, 0.25) is 0 Å². The van der Waals surface area contributed by atoms with Crippen LogP contribution in [0.4, 0.5) is 4.39 Å². The van der Waals surface area contributed by atoms with Crippen LogP contribution in [-0.4, -0.2) is 37.0 Å². The molecule has 9 heteroatoms. The van der Waals surface area contributed by atoms with E-state index >= 15 is 0 Å². The molecular weight excluding hydrogens is 427 g/mol. The largest absolute Gasteiger partial charge is 0.351 e. The number of nitrogens with zero attached hydrogens (tertiary/aromatic N) is 4. The lowest BCUT2D eigenvalue weighted by atomic mass is 10.2. The number of pyridine rings is 1. The molecule has 0 spiro atoms. The first-order chi connectivity index (χ1) is 13.6. The minimum Gasteiger partial charge on any atom is -0.351 e. The number of hydrogen-bond donors (Lipinski definition) is 2. The van der Waals surface area contributed by atoms with Crippen molar-refractivity contribution in [1.29, 1.82) is 0 Å². The molecule has 1 aromatic carbocycles. The minimum absolute atomic E-state index is 0.219. The number of H-pyrrole nitrogens is 1. The van der Waals surface area contributed by atoms with Crippen molar-refractivity contribution in [2.75, 3.05) is 6.54 Å². The van der Waals surface area contributed by atoms with E-state index in [4.69, 9.17) is 0 Å². The van der Waals surface area contributed by atoms with E-state index in [1.165, 1.54) is 12.1 Å². The number of nitrogens with one attached hydrogen (secondary N) is 2. The Hall–Kier alpha value is -2.81. The Morgan fingerprint density at radius 1 is 1.32 bits per heavy atom. The highest BCUT2D eigenvalue weighted by molar-refractivity contribution is 9.10. The molecule has 1 aliphatic carbocycles. The maximum atomic E-state index is 13.3. The molecule has 0 bridgehead atoms. The molecule has 0 atom stereocenters. The molecule has 2 N–H and O–H groups in total. The van der Waals surface area contributed by atoms with Gasteiger partial charge in [-0.05, 0) is 53.0 Å². The summed E-state index contributed by atoms with van der Waals surface area (Å²) in [6.07, 6.45) is 4.62.